The zero-order chi connectivity index (χ0) is 19.6. The molecule has 2 heterocycles. The molecule has 0 amide bonds. The SMILES string of the molecule is CN(C)c1nc(N(C)C)nc(N2CCN(S(=O)(=O)c3ccccc3)CC2)n1. The molecule has 2 aromatic rings. The van der Waals surface area contributed by atoms with Crippen LogP contribution in [-0.4, -0.2) is 82.0 Å². The predicted octanol–water partition coefficient (Wildman–Crippen LogP) is 0.515. The van der Waals surface area contributed by atoms with Crippen molar-refractivity contribution in [1.29, 1.82) is 0 Å². The smallest absolute Gasteiger partial charge is 0.243 e. The minimum Gasteiger partial charge on any atom is -0.347 e. The maximum Gasteiger partial charge on any atom is 0.243 e. The van der Waals surface area contributed by atoms with Gasteiger partial charge in [0, 0.05) is 54.4 Å². The molecule has 1 fully saturated rings. The fourth-order valence-corrected chi connectivity index (χ4v) is 4.20. The molecule has 1 aliphatic rings. The summed E-state index contributed by atoms with van der Waals surface area (Å²) in [4.78, 5) is 19.4. The van der Waals surface area contributed by atoms with E-state index < -0.39 is 10.0 Å². The number of hydrogen-bond donors (Lipinski definition) is 0. The highest BCUT2D eigenvalue weighted by Crippen LogP contribution is 2.21. The number of hydrogen-bond acceptors (Lipinski definition) is 8. The van der Waals surface area contributed by atoms with Gasteiger partial charge in [-0.2, -0.15) is 19.3 Å². The van der Waals surface area contributed by atoms with Gasteiger partial charge in [0.1, 0.15) is 0 Å². The van der Waals surface area contributed by atoms with Gasteiger partial charge in [0.05, 0.1) is 4.90 Å². The number of nitrogens with zero attached hydrogens (tertiary/aromatic N) is 7. The minimum atomic E-state index is -3.47. The first-order chi connectivity index (χ1) is 12.8. The molecule has 0 bridgehead atoms. The Hall–Kier alpha value is -2.46. The van der Waals surface area contributed by atoms with Crippen LogP contribution in [0.25, 0.3) is 0 Å². The molecule has 1 saturated heterocycles. The molecule has 1 aromatic carbocycles. The number of aromatic nitrogens is 3. The molecular weight excluding hydrogens is 366 g/mol. The quantitative estimate of drug-likeness (QED) is 0.729. The second kappa shape index (κ2) is 7.65. The third-order valence-electron chi connectivity index (χ3n) is 4.30. The Morgan fingerprint density at radius 1 is 0.815 bits per heavy atom. The van der Waals surface area contributed by atoms with Gasteiger partial charge in [0.25, 0.3) is 0 Å². The van der Waals surface area contributed by atoms with Crippen molar-refractivity contribution in [2.24, 2.45) is 0 Å². The molecule has 3 rings (SSSR count). The van der Waals surface area contributed by atoms with E-state index in [0.29, 0.717) is 48.9 Å². The average molecular weight is 392 g/mol. The molecule has 0 radical (unpaired) electrons. The standard InChI is InChI=1S/C17H25N7O2S/c1-21(2)15-18-16(22(3)4)20-17(19-15)23-10-12-24(13-11-23)27(25,26)14-8-6-5-7-9-14/h5-9H,10-13H2,1-4H3. The third-order valence-corrected chi connectivity index (χ3v) is 6.22. The van der Waals surface area contributed by atoms with Gasteiger partial charge in [0.15, 0.2) is 0 Å². The summed E-state index contributed by atoms with van der Waals surface area (Å²) in [6, 6.07) is 8.53. The Kier molecular flexibility index (Phi) is 5.47. The van der Waals surface area contributed by atoms with Crippen molar-refractivity contribution in [2.75, 3.05) is 69.1 Å². The zero-order valence-corrected chi connectivity index (χ0v) is 16.9. The van der Waals surface area contributed by atoms with Crippen LogP contribution in [0.3, 0.4) is 0 Å². The fraction of sp³-hybridized carbons (Fsp3) is 0.471. The van der Waals surface area contributed by atoms with E-state index in [1.165, 1.54) is 4.31 Å². The summed E-state index contributed by atoms with van der Waals surface area (Å²) in [6.45, 7) is 1.82. The first kappa shape index (κ1) is 19.3. The van der Waals surface area contributed by atoms with Crippen molar-refractivity contribution in [3.63, 3.8) is 0 Å². The Labute approximate surface area is 160 Å². The van der Waals surface area contributed by atoms with Crippen LogP contribution in [0.4, 0.5) is 17.8 Å². The molecule has 0 atom stereocenters. The van der Waals surface area contributed by atoms with E-state index >= 15 is 0 Å². The van der Waals surface area contributed by atoms with Crippen LogP contribution < -0.4 is 14.7 Å². The Morgan fingerprint density at radius 3 is 1.81 bits per heavy atom. The van der Waals surface area contributed by atoms with Crippen molar-refractivity contribution < 1.29 is 8.42 Å². The van der Waals surface area contributed by atoms with Crippen LogP contribution in [-0.2, 0) is 10.0 Å². The molecule has 0 aliphatic carbocycles. The monoisotopic (exact) mass is 391 g/mol. The normalized spacial score (nSPS) is 15.6. The molecule has 146 valence electrons. The van der Waals surface area contributed by atoms with E-state index in [-0.39, 0.29) is 0 Å². The second-order valence-corrected chi connectivity index (χ2v) is 8.67. The van der Waals surface area contributed by atoms with Gasteiger partial charge >= 0.3 is 0 Å². The molecule has 0 unspecified atom stereocenters. The maximum atomic E-state index is 12.8. The molecule has 0 saturated carbocycles. The summed E-state index contributed by atoms with van der Waals surface area (Å²) in [5, 5.41) is 0. The summed E-state index contributed by atoms with van der Waals surface area (Å²) in [5.74, 6) is 1.71. The number of anilines is 3. The summed E-state index contributed by atoms with van der Waals surface area (Å²) >= 11 is 0. The lowest BCUT2D eigenvalue weighted by atomic mass is 10.4. The lowest BCUT2D eigenvalue weighted by Crippen LogP contribution is -2.49. The molecule has 1 aliphatic heterocycles. The molecular formula is C17H25N7O2S. The van der Waals surface area contributed by atoms with E-state index in [9.17, 15) is 8.42 Å². The van der Waals surface area contributed by atoms with E-state index in [1.54, 1.807) is 24.3 Å². The lowest BCUT2D eigenvalue weighted by Gasteiger charge is -2.34. The van der Waals surface area contributed by atoms with Crippen LogP contribution in [0.15, 0.2) is 35.2 Å². The minimum absolute atomic E-state index is 0.323. The Bertz CT molecular complexity index is 853. The second-order valence-electron chi connectivity index (χ2n) is 6.73. The van der Waals surface area contributed by atoms with Gasteiger partial charge in [-0.15, -0.1) is 0 Å². The summed E-state index contributed by atoms with van der Waals surface area (Å²) < 4.78 is 27.1. The lowest BCUT2D eigenvalue weighted by molar-refractivity contribution is 0.382. The van der Waals surface area contributed by atoms with Gasteiger partial charge < -0.3 is 14.7 Å². The van der Waals surface area contributed by atoms with Gasteiger partial charge in [0.2, 0.25) is 27.9 Å². The number of rotatable bonds is 5. The maximum absolute atomic E-state index is 12.8. The highest BCUT2D eigenvalue weighted by atomic mass is 32.2. The molecule has 0 spiro atoms. The van der Waals surface area contributed by atoms with Crippen molar-refractivity contribution in [1.82, 2.24) is 19.3 Å². The molecule has 1 aromatic heterocycles. The highest BCUT2D eigenvalue weighted by Gasteiger charge is 2.29. The van der Waals surface area contributed by atoms with Gasteiger partial charge in [-0.05, 0) is 12.1 Å². The van der Waals surface area contributed by atoms with Crippen LogP contribution >= 0.6 is 0 Å². The molecule has 10 heteroatoms. The van der Waals surface area contributed by atoms with Gasteiger partial charge in [-0.25, -0.2) is 8.42 Å². The van der Waals surface area contributed by atoms with Crippen molar-refractivity contribution >= 4 is 27.9 Å². The number of piperazine rings is 1. The molecule has 0 N–H and O–H groups in total. The van der Waals surface area contributed by atoms with Gasteiger partial charge in [-0.3, -0.25) is 0 Å². The fourth-order valence-electron chi connectivity index (χ4n) is 2.75. The predicted molar refractivity (Wildman–Crippen MR) is 106 cm³/mol. The Balaban J connectivity index is 1.78. The largest absolute Gasteiger partial charge is 0.347 e. The van der Waals surface area contributed by atoms with E-state index in [0.717, 1.165) is 0 Å². The van der Waals surface area contributed by atoms with E-state index in [2.05, 4.69) is 15.0 Å². The zero-order valence-electron chi connectivity index (χ0n) is 16.1. The first-order valence-electron chi connectivity index (χ1n) is 8.70. The summed E-state index contributed by atoms with van der Waals surface area (Å²) in [6.07, 6.45) is 0. The van der Waals surface area contributed by atoms with E-state index in [1.807, 2.05) is 49.0 Å². The van der Waals surface area contributed by atoms with Crippen molar-refractivity contribution in [3.05, 3.63) is 30.3 Å². The molecule has 9 nitrogen and oxygen atoms in total. The van der Waals surface area contributed by atoms with Crippen LogP contribution in [0, 0.1) is 0 Å². The average Bonchev–Trinajstić information content (AvgIpc) is 2.68. The Morgan fingerprint density at radius 2 is 1.33 bits per heavy atom. The van der Waals surface area contributed by atoms with Crippen LogP contribution in [0.5, 0.6) is 0 Å². The first-order valence-corrected chi connectivity index (χ1v) is 10.1. The van der Waals surface area contributed by atoms with Crippen molar-refractivity contribution in [3.8, 4) is 0 Å². The van der Waals surface area contributed by atoms with Crippen molar-refractivity contribution in [2.45, 2.75) is 4.90 Å². The van der Waals surface area contributed by atoms with Gasteiger partial charge in [-0.1, -0.05) is 18.2 Å². The molecule has 27 heavy (non-hydrogen) atoms. The topological polar surface area (TPSA) is 85.8 Å². The van der Waals surface area contributed by atoms with Crippen LogP contribution in [0.2, 0.25) is 0 Å². The van der Waals surface area contributed by atoms with E-state index in [4.69, 9.17) is 0 Å². The number of sulfonamides is 1. The summed E-state index contributed by atoms with van der Waals surface area (Å²) in [5.41, 5.74) is 0. The van der Waals surface area contributed by atoms with Crippen LogP contribution in [0.1, 0.15) is 0 Å². The third kappa shape index (κ3) is 4.11. The summed E-state index contributed by atoms with van der Waals surface area (Å²) in [7, 11) is 4.04. The highest BCUT2D eigenvalue weighted by molar-refractivity contribution is 7.89. The number of benzene rings is 1.